The van der Waals surface area contributed by atoms with E-state index >= 15 is 4.39 Å². The van der Waals surface area contributed by atoms with E-state index < -0.39 is 11.9 Å². The second-order valence-corrected chi connectivity index (χ2v) is 8.48. The molecule has 180 valence electrons. The molecule has 1 aliphatic heterocycles. The van der Waals surface area contributed by atoms with E-state index in [2.05, 4.69) is 20.1 Å². The van der Waals surface area contributed by atoms with E-state index in [-0.39, 0.29) is 23.7 Å². The van der Waals surface area contributed by atoms with Crippen molar-refractivity contribution < 1.29 is 18.4 Å². The Hall–Kier alpha value is -3.25. The van der Waals surface area contributed by atoms with Crippen molar-refractivity contribution in [3.05, 3.63) is 77.5 Å². The van der Waals surface area contributed by atoms with Crippen molar-refractivity contribution >= 4 is 21.0 Å². The van der Waals surface area contributed by atoms with Gasteiger partial charge in [-0.25, -0.2) is 4.39 Å². The minimum absolute atomic E-state index is 0.0133. The molecule has 1 aliphatic carbocycles. The normalized spacial score (nSPS) is 18.2. The molecule has 3 atom stereocenters. The second kappa shape index (κ2) is 10.8. The smallest absolute Gasteiger partial charge is 0.187 e. The molecule has 34 heavy (non-hydrogen) atoms. The summed E-state index contributed by atoms with van der Waals surface area (Å²) in [6, 6.07) is 9.49. The lowest BCUT2D eigenvalue weighted by Gasteiger charge is -2.34. The fraction of sp³-hybridized carbons (Fsp3) is 0.320. The minimum Gasteiger partial charge on any atom is -0.494 e. The molecule has 7 nitrogen and oxygen atoms in total. The summed E-state index contributed by atoms with van der Waals surface area (Å²) in [6.07, 6.45) is 9.23. The zero-order valence-corrected chi connectivity index (χ0v) is 20.2. The average Bonchev–Trinajstić information content (AvgIpc) is 2.81. The third kappa shape index (κ3) is 5.45. The standard InChI is InChI=1S/C25H30FN4O3P/c1-2-31-18-13-19(23(26)21(14-18)33-34)24(29-16-11-9-15(10-12-16)25(27)28)20-7-4-8-22(30-20)32-17-5-3-6-17/h4,7-14,17,20,24,29-30H,2-3,5-6,34H2,1H3,(H3,27,28). The van der Waals surface area contributed by atoms with Crippen LogP contribution in [0.1, 0.15) is 43.4 Å². The molecule has 0 amide bonds. The second-order valence-electron chi connectivity index (χ2n) is 8.25. The quantitative estimate of drug-likeness (QED) is 0.220. The molecule has 1 saturated carbocycles. The summed E-state index contributed by atoms with van der Waals surface area (Å²) in [7, 11) is 2.09. The van der Waals surface area contributed by atoms with Crippen molar-refractivity contribution in [2.24, 2.45) is 5.73 Å². The minimum atomic E-state index is -0.535. The lowest BCUT2D eigenvalue weighted by atomic mass is 9.95. The molecule has 1 heterocycles. The molecule has 3 unspecified atom stereocenters. The molecule has 4 rings (SSSR count). The highest BCUT2D eigenvalue weighted by atomic mass is 31.0. The molecular weight excluding hydrogens is 454 g/mol. The molecule has 9 heteroatoms. The number of benzene rings is 2. The Morgan fingerprint density at radius 2 is 2.06 bits per heavy atom. The van der Waals surface area contributed by atoms with E-state index in [9.17, 15) is 0 Å². The number of dihydropyridines is 1. The fourth-order valence-corrected chi connectivity index (χ4v) is 4.07. The highest BCUT2D eigenvalue weighted by molar-refractivity contribution is 7.10. The Bertz CT molecular complexity index is 1090. The Balaban J connectivity index is 1.68. The highest BCUT2D eigenvalue weighted by Crippen LogP contribution is 2.36. The van der Waals surface area contributed by atoms with E-state index in [1.807, 2.05) is 37.3 Å². The van der Waals surface area contributed by atoms with Crippen LogP contribution in [0.3, 0.4) is 0 Å². The van der Waals surface area contributed by atoms with Crippen LogP contribution in [0.4, 0.5) is 10.1 Å². The number of hydrogen-bond acceptors (Lipinski definition) is 6. The number of halogens is 1. The molecular formula is C25H30FN4O3P. The largest absolute Gasteiger partial charge is 0.494 e. The molecule has 2 aromatic rings. The number of anilines is 1. The summed E-state index contributed by atoms with van der Waals surface area (Å²) in [4.78, 5) is 0. The van der Waals surface area contributed by atoms with Gasteiger partial charge in [-0.15, -0.1) is 0 Å². The predicted molar refractivity (Wildman–Crippen MR) is 135 cm³/mol. The Morgan fingerprint density at radius 1 is 1.29 bits per heavy atom. The van der Waals surface area contributed by atoms with E-state index in [0.29, 0.717) is 29.4 Å². The topological polar surface area (TPSA) is 102 Å². The van der Waals surface area contributed by atoms with Gasteiger partial charge in [0.25, 0.3) is 0 Å². The average molecular weight is 485 g/mol. The number of nitrogens with one attached hydrogen (secondary N) is 3. The Labute approximate surface area is 201 Å². The first-order valence-corrected chi connectivity index (χ1v) is 11.8. The fourth-order valence-electron chi connectivity index (χ4n) is 3.90. The predicted octanol–water partition coefficient (Wildman–Crippen LogP) is 4.77. The van der Waals surface area contributed by atoms with Crippen molar-refractivity contribution in [3.63, 3.8) is 0 Å². The SMILES string of the molecule is CCOc1cc(OP)c(F)c(C(Nc2ccc(C(=N)N)cc2)C2C=CC=C(OC3CCC3)N2)c1. The first-order chi connectivity index (χ1) is 16.5. The van der Waals surface area contributed by atoms with Gasteiger partial charge in [-0.1, -0.05) is 12.2 Å². The maximum atomic E-state index is 15.6. The van der Waals surface area contributed by atoms with Crippen LogP contribution in [-0.2, 0) is 4.74 Å². The summed E-state index contributed by atoms with van der Waals surface area (Å²) in [5.41, 5.74) is 7.32. The Kier molecular flexibility index (Phi) is 7.58. The van der Waals surface area contributed by atoms with Gasteiger partial charge in [0.2, 0.25) is 0 Å². The van der Waals surface area contributed by atoms with Crippen LogP contribution in [0.25, 0.3) is 0 Å². The van der Waals surface area contributed by atoms with E-state index in [4.69, 9.17) is 25.1 Å². The Morgan fingerprint density at radius 3 is 2.68 bits per heavy atom. The van der Waals surface area contributed by atoms with Crippen LogP contribution in [0.15, 0.2) is 60.5 Å². The molecule has 0 aromatic heterocycles. The summed E-state index contributed by atoms with van der Waals surface area (Å²) >= 11 is 0. The highest BCUT2D eigenvalue weighted by Gasteiger charge is 2.30. The molecule has 0 bridgehead atoms. The molecule has 2 aliphatic rings. The van der Waals surface area contributed by atoms with Crippen LogP contribution in [0, 0.1) is 11.2 Å². The van der Waals surface area contributed by atoms with Crippen LogP contribution in [0.2, 0.25) is 0 Å². The third-order valence-electron chi connectivity index (χ3n) is 5.91. The van der Waals surface area contributed by atoms with Crippen molar-refractivity contribution in [3.8, 4) is 11.5 Å². The van der Waals surface area contributed by atoms with Gasteiger partial charge in [0.1, 0.15) is 17.7 Å². The van der Waals surface area contributed by atoms with Gasteiger partial charge in [-0.3, -0.25) is 5.41 Å². The van der Waals surface area contributed by atoms with Crippen molar-refractivity contribution in [2.45, 2.75) is 44.4 Å². The number of nitrogen functional groups attached to an aromatic ring is 1. The van der Waals surface area contributed by atoms with E-state index in [1.54, 1.807) is 18.2 Å². The van der Waals surface area contributed by atoms with E-state index in [0.717, 1.165) is 18.5 Å². The van der Waals surface area contributed by atoms with Gasteiger partial charge in [0.15, 0.2) is 17.4 Å². The third-order valence-corrected chi connectivity index (χ3v) is 6.17. The zero-order valence-electron chi connectivity index (χ0n) is 19.0. The van der Waals surface area contributed by atoms with Crippen molar-refractivity contribution in [2.75, 3.05) is 11.9 Å². The molecule has 2 aromatic carbocycles. The molecule has 0 spiro atoms. The van der Waals surface area contributed by atoms with Gasteiger partial charge >= 0.3 is 0 Å². The van der Waals surface area contributed by atoms with Crippen molar-refractivity contribution in [1.29, 1.82) is 5.41 Å². The number of nitrogens with two attached hydrogens (primary N) is 1. The van der Waals surface area contributed by atoms with Gasteiger partial charge in [-0.2, -0.15) is 0 Å². The molecule has 5 N–H and O–H groups in total. The first kappa shape index (κ1) is 23.9. The summed E-state index contributed by atoms with van der Waals surface area (Å²) in [6.45, 7) is 2.31. The molecule has 0 radical (unpaired) electrons. The summed E-state index contributed by atoms with van der Waals surface area (Å²) in [5.74, 6) is 0.755. The number of hydrogen-bond donors (Lipinski definition) is 4. The van der Waals surface area contributed by atoms with Gasteiger partial charge < -0.3 is 30.4 Å². The number of ether oxygens (including phenoxy) is 2. The van der Waals surface area contributed by atoms with Crippen LogP contribution in [0.5, 0.6) is 11.5 Å². The maximum Gasteiger partial charge on any atom is 0.187 e. The lowest BCUT2D eigenvalue weighted by Crippen LogP contribution is -2.40. The molecule has 0 saturated heterocycles. The number of rotatable bonds is 10. The van der Waals surface area contributed by atoms with Crippen LogP contribution >= 0.6 is 9.47 Å². The number of amidine groups is 1. The summed E-state index contributed by atoms with van der Waals surface area (Å²) in [5, 5.41) is 14.4. The zero-order chi connectivity index (χ0) is 24.1. The molecule has 1 fully saturated rings. The van der Waals surface area contributed by atoms with E-state index in [1.165, 1.54) is 12.5 Å². The first-order valence-electron chi connectivity index (χ1n) is 11.3. The maximum absolute atomic E-state index is 15.6. The summed E-state index contributed by atoms with van der Waals surface area (Å²) < 4.78 is 32.5. The number of allylic oxidation sites excluding steroid dienone is 2. The van der Waals surface area contributed by atoms with Crippen molar-refractivity contribution in [1.82, 2.24) is 5.32 Å². The van der Waals surface area contributed by atoms with Gasteiger partial charge in [0.05, 0.1) is 28.2 Å². The van der Waals surface area contributed by atoms with Crippen LogP contribution < -0.4 is 25.6 Å². The van der Waals surface area contributed by atoms with Gasteiger partial charge in [0, 0.05) is 22.9 Å². The lowest BCUT2D eigenvalue weighted by molar-refractivity contribution is 0.0391. The monoisotopic (exact) mass is 484 g/mol. The van der Waals surface area contributed by atoms with Crippen LogP contribution in [-0.4, -0.2) is 24.6 Å². The van der Waals surface area contributed by atoms with Gasteiger partial charge in [-0.05, 0) is 62.6 Å².